The zero-order chi connectivity index (χ0) is 9.38. The van der Waals surface area contributed by atoms with Crippen molar-refractivity contribution in [1.82, 2.24) is 15.3 Å². The van der Waals surface area contributed by atoms with Crippen LogP contribution in [0.25, 0.3) is 0 Å². The molecule has 0 aromatic carbocycles. The van der Waals surface area contributed by atoms with Gasteiger partial charge >= 0.3 is 0 Å². The minimum absolute atomic E-state index is 0.697. The first-order valence-corrected chi connectivity index (χ1v) is 5.42. The van der Waals surface area contributed by atoms with Crippen molar-refractivity contribution in [3.05, 3.63) is 24.3 Å². The fraction of sp³-hybridized carbons (Fsp3) is 0.636. The second-order valence-corrected chi connectivity index (χ2v) is 4.46. The van der Waals surface area contributed by atoms with Gasteiger partial charge in [0.05, 0.1) is 0 Å². The summed E-state index contributed by atoms with van der Waals surface area (Å²) in [5.41, 5.74) is 1.33. The summed E-state index contributed by atoms with van der Waals surface area (Å²) >= 11 is 0. The van der Waals surface area contributed by atoms with Gasteiger partial charge in [0.25, 0.3) is 0 Å². The maximum Gasteiger partial charge on any atom is 0.115 e. The van der Waals surface area contributed by atoms with Crippen molar-refractivity contribution < 1.29 is 0 Å². The molecule has 3 heteroatoms. The number of aromatic nitrogens is 2. The Morgan fingerprint density at radius 1 is 1.21 bits per heavy atom. The van der Waals surface area contributed by atoms with Crippen molar-refractivity contribution in [2.75, 3.05) is 6.54 Å². The molecule has 3 unspecified atom stereocenters. The van der Waals surface area contributed by atoms with Gasteiger partial charge in [0, 0.05) is 18.4 Å². The summed E-state index contributed by atoms with van der Waals surface area (Å²) in [6.07, 6.45) is 9.54. The van der Waals surface area contributed by atoms with E-state index >= 15 is 0 Å². The Labute approximate surface area is 84.0 Å². The first-order valence-electron chi connectivity index (χ1n) is 5.42. The van der Waals surface area contributed by atoms with Crippen LogP contribution in [-0.4, -0.2) is 22.6 Å². The van der Waals surface area contributed by atoms with Gasteiger partial charge in [-0.3, -0.25) is 0 Å². The Bertz CT molecular complexity index is 312. The van der Waals surface area contributed by atoms with E-state index in [1.165, 1.54) is 31.4 Å². The van der Waals surface area contributed by atoms with Gasteiger partial charge in [0.2, 0.25) is 0 Å². The Kier molecular flexibility index (Phi) is 1.98. The fourth-order valence-electron chi connectivity index (χ4n) is 2.93. The summed E-state index contributed by atoms with van der Waals surface area (Å²) in [6, 6.07) is 0.792. The number of hydrogen-bond acceptors (Lipinski definition) is 3. The Hall–Kier alpha value is -0.960. The van der Waals surface area contributed by atoms with Gasteiger partial charge < -0.3 is 5.32 Å². The fourth-order valence-corrected chi connectivity index (χ4v) is 2.93. The van der Waals surface area contributed by atoms with Crippen molar-refractivity contribution in [1.29, 1.82) is 0 Å². The zero-order valence-corrected chi connectivity index (χ0v) is 8.19. The molecule has 2 bridgehead atoms. The molecule has 0 spiro atoms. The molecule has 2 aliphatic rings. The normalized spacial score (nSPS) is 35.9. The smallest absolute Gasteiger partial charge is 0.115 e. The number of nitrogens with zero attached hydrogens (tertiary/aromatic N) is 2. The molecule has 3 rings (SSSR count). The summed E-state index contributed by atoms with van der Waals surface area (Å²) in [5.74, 6) is 1.52. The van der Waals surface area contributed by atoms with E-state index in [0.717, 1.165) is 12.0 Å². The Balaban J connectivity index is 1.85. The van der Waals surface area contributed by atoms with Crippen LogP contribution in [0.4, 0.5) is 0 Å². The second-order valence-electron chi connectivity index (χ2n) is 4.46. The van der Waals surface area contributed by atoms with Gasteiger partial charge in [0.1, 0.15) is 6.33 Å². The van der Waals surface area contributed by atoms with E-state index < -0.39 is 0 Å². The summed E-state index contributed by atoms with van der Waals surface area (Å²) < 4.78 is 0. The molecule has 0 amide bonds. The lowest BCUT2D eigenvalue weighted by atomic mass is 9.77. The number of nitrogens with one attached hydrogen (secondary N) is 1. The maximum absolute atomic E-state index is 4.11. The Morgan fingerprint density at radius 2 is 2.07 bits per heavy atom. The van der Waals surface area contributed by atoms with Crippen molar-refractivity contribution in [2.24, 2.45) is 5.92 Å². The van der Waals surface area contributed by atoms with Gasteiger partial charge in [-0.05, 0) is 43.2 Å². The quantitative estimate of drug-likeness (QED) is 0.724. The lowest BCUT2D eigenvalue weighted by Gasteiger charge is -2.27. The van der Waals surface area contributed by atoms with E-state index in [1.807, 2.05) is 12.4 Å². The molecule has 2 heterocycles. The third-order valence-electron chi connectivity index (χ3n) is 3.66. The van der Waals surface area contributed by atoms with Crippen LogP contribution >= 0.6 is 0 Å². The molecule has 1 aliphatic carbocycles. The third kappa shape index (κ3) is 1.32. The molecular weight excluding hydrogens is 174 g/mol. The number of fused-ring (bicyclic) bond motifs is 2. The lowest BCUT2D eigenvalue weighted by molar-refractivity contribution is 0.355. The van der Waals surface area contributed by atoms with Crippen LogP contribution in [-0.2, 0) is 0 Å². The van der Waals surface area contributed by atoms with Crippen LogP contribution in [0.2, 0.25) is 0 Å². The van der Waals surface area contributed by atoms with Crippen LogP contribution in [0.15, 0.2) is 18.7 Å². The summed E-state index contributed by atoms with van der Waals surface area (Å²) in [5, 5.41) is 3.58. The van der Waals surface area contributed by atoms with E-state index in [-0.39, 0.29) is 0 Å². The SMILES string of the molecule is c1ncc(C2CCC3CC2CN3)cn1. The van der Waals surface area contributed by atoms with Crippen LogP contribution in [0, 0.1) is 5.92 Å². The largest absolute Gasteiger partial charge is 0.314 e. The Morgan fingerprint density at radius 3 is 2.93 bits per heavy atom. The predicted octanol–water partition coefficient (Wildman–Crippen LogP) is 1.33. The summed E-state index contributed by atoms with van der Waals surface area (Å²) in [4.78, 5) is 8.22. The third-order valence-corrected chi connectivity index (χ3v) is 3.66. The van der Waals surface area contributed by atoms with Gasteiger partial charge in [-0.25, -0.2) is 9.97 Å². The summed E-state index contributed by atoms with van der Waals surface area (Å²) in [6.45, 7) is 1.18. The molecule has 1 aliphatic heterocycles. The van der Waals surface area contributed by atoms with Gasteiger partial charge in [-0.2, -0.15) is 0 Å². The molecule has 2 fully saturated rings. The van der Waals surface area contributed by atoms with E-state index in [9.17, 15) is 0 Å². The second kappa shape index (κ2) is 3.31. The van der Waals surface area contributed by atoms with Crippen LogP contribution in [0.3, 0.4) is 0 Å². The molecule has 14 heavy (non-hydrogen) atoms. The van der Waals surface area contributed by atoms with Gasteiger partial charge in [-0.1, -0.05) is 0 Å². The highest BCUT2D eigenvalue weighted by Crippen LogP contribution is 2.40. The molecule has 1 aromatic rings. The minimum Gasteiger partial charge on any atom is -0.314 e. The van der Waals surface area contributed by atoms with E-state index in [4.69, 9.17) is 0 Å². The highest BCUT2D eigenvalue weighted by atomic mass is 15.0. The monoisotopic (exact) mass is 189 g/mol. The molecule has 3 atom stereocenters. The van der Waals surface area contributed by atoms with Crippen molar-refractivity contribution in [3.8, 4) is 0 Å². The number of rotatable bonds is 1. The lowest BCUT2D eigenvalue weighted by Crippen LogP contribution is -2.22. The average Bonchev–Trinajstić information content (AvgIpc) is 2.62. The highest BCUT2D eigenvalue weighted by molar-refractivity contribution is 5.15. The van der Waals surface area contributed by atoms with E-state index in [0.29, 0.717) is 5.92 Å². The zero-order valence-electron chi connectivity index (χ0n) is 8.19. The van der Waals surface area contributed by atoms with Crippen molar-refractivity contribution in [2.45, 2.75) is 31.2 Å². The minimum atomic E-state index is 0.697. The van der Waals surface area contributed by atoms with Crippen molar-refractivity contribution in [3.63, 3.8) is 0 Å². The molecule has 1 saturated heterocycles. The summed E-state index contributed by atoms with van der Waals surface area (Å²) in [7, 11) is 0. The molecule has 0 radical (unpaired) electrons. The van der Waals surface area contributed by atoms with Gasteiger partial charge in [-0.15, -0.1) is 0 Å². The van der Waals surface area contributed by atoms with Crippen LogP contribution in [0.5, 0.6) is 0 Å². The molecular formula is C11H15N3. The topological polar surface area (TPSA) is 37.8 Å². The van der Waals surface area contributed by atoms with Crippen molar-refractivity contribution >= 4 is 0 Å². The standard InChI is InChI=1S/C11H15N3/c1-2-11(8-3-10(1)14-6-8)9-4-12-7-13-5-9/h4-5,7-8,10-11,14H,1-3,6H2. The van der Waals surface area contributed by atoms with Crippen LogP contribution in [0.1, 0.15) is 30.7 Å². The number of hydrogen-bond donors (Lipinski definition) is 1. The van der Waals surface area contributed by atoms with Gasteiger partial charge in [0.15, 0.2) is 0 Å². The molecule has 1 saturated carbocycles. The van der Waals surface area contributed by atoms with Crippen LogP contribution < -0.4 is 5.32 Å². The molecule has 1 aromatic heterocycles. The molecule has 3 nitrogen and oxygen atoms in total. The van der Waals surface area contributed by atoms with E-state index in [2.05, 4.69) is 15.3 Å². The van der Waals surface area contributed by atoms with E-state index in [1.54, 1.807) is 6.33 Å². The first-order chi connectivity index (χ1) is 6.93. The average molecular weight is 189 g/mol. The highest BCUT2D eigenvalue weighted by Gasteiger charge is 2.36. The maximum atomic E-state index is 4.11. The molecule has 1 N–H and O–H groups in total. The predicted molar refractivity (Wildman–Crippen MR) is 53.9 cm³/mol. The first kappa shape index (κ1) is 8.36. The molecule has 74 valence electrons.